The van der Waals surface area contributed by atoms with Gasteiger partial charge < -0.3 is 14.7 Å². The molecule has 0 unspecified atom stereocenters. The van der Waals surface area contributed by atoms with Crippen LogP contribution in [0.25, 0.3) is 0 Å². The van der Waals surface area contributed by atoms with Crippen LogP contribution in [0.15, 0.2) is 0 Å². The molecule has 0 aromatic heterocycles. The van der Waals surface area contributed by atoms with E-state index in [4.69, 9.17) is 9.84 Å². The standard InChI is InChI=1S/C11H20FNO3/c1-11(2,3)16-10(15)13-7-8(12)6-9(13)4-5-14/h8-9,14H,4-7H2,1-3H3/t8-,9-/m0/s1. The van der Waals surface area contributed by atoms with E-state index in [2.05, 4.69) is 0 Å². The number of ether oxygens (including phenoxy) is 1. The fourth-order valence-corrected chi connectivity index (χ4v) is 1.83. The zero-order valence-corrected chi connectivity index (χ0v) is 10.1. The third-order valence-electron chi connectivity index (χ3n) is 2.45. The lowest BCUT2D eigenvalue weighted by Gasteiger charge is -2.28. The number of aliphatic hydroxyl groups excluding tert-OH is 1. The number of halogens is 1. The summed E-state index contributed by atoms with van der Waals surface area (Å²) in [5, 5.41) is 8.84. The Balaban J connectivity index is 2.59. The monoisotopic (exact) mass is 233 g/mol. The lowest BCUT2D eigenvalue weighted by molar-refractivity contribution is 0.0202. The first-order valence-corrected chi connectivity index (χ1v) is 5.58. The summed E-state index contributed by atoms with van der Waals surface area (Å²) in [5.41, 5.74) is -0.574. The molecule has 5 heteroatoms. The van der Waals surface area contributed by atoms with Crippen LogP contribution in [0.1, 0.15) is 33.6 Å². The lowest BCUT2D eigenvalue weighted by atomic mass is 10.1. The van der Waals surface area contributed by atoms with Crippen LogP contribution in [0.5, 0.6) is 0 Å². The fourth-order valence-electron chi connectivity index (χ4n) is 1.83. The van der Waals surface area contributed by atoms with E-state index in [1.54, 1.807) is 20.8 Å². The molecule has 1 saturated heterocycles. The van der Waals surface area contributed by atoms with Crippen molar-refractivity contribution in [1.29, 1.82) is 0 Å². The lowest BCUT2D eigenvalue weighted by Crippen LogP contribution is -2.40. The smallest absolute Gasteiger partial charge is 0.410 e. The number of rotatable bonds is 2. The maximum Gasteiger partial charge on any atom is 0.410 e. The van der Waals surface area contributed by atoms with Crippen molar-refractivity contribution < 1.29 is 19.0 Å². The molecule has 0 radical (unpaired) electrons. The Morgan fingerprint density at radius 2 is 2.19 bits per heavy atom. The maximum absolute atomic E-state index is 13.2. The molecule has 16 heavy (non-hydrogen) atoms. The number of hydrogen-bond donors (Lipinski definition) is 1. The number of alkyl halides is 1. The predicted octanol–water partition coefficient (Wildman–Crippen LogP) is 1.72. The van der Waals surface area contributed by atoms with E-state index in [0.29, 0.717) is 12.8 Å². The first-order valence-electron chi connectivity index (χ1n) is 5.58. The molecule has 1 aliphatic heterocycles. The van der Waals surface area contributed by atoms with Crippen LogP contribution in [-0.2, 0) is 4.74 Å². The first-order chi connectivity index (χ1) is 7.33. The molecule has 0 aliphatic carbocycles. The average Bonchev–Trinajstić information content (AvgIpc) is 2.44. The van der Waals surface area contributed by atoms with Gasteiger partial charge in [-0.3, -0.25) is 0 Å². The molecule has 0 bridgehead atoms. The van der Waals surface area contributed by atoms with Crippen LogP contribution in [0.2, 0.25) is 0 Å². The number of hydrogen-bond acceptors (Lipinski definition) is 3. The summed E-state index contributed by atoms with van der Waals surface area (Å²) in [6.07, 6.45) is -0.811. The summed E-state index contributed by atoms with van der Waals surface area (Å²) >= 11 is 0. The number of likely N-dealkylation sites (tertiary alicyclic amines) is 1. The summed E-state index contributed by atoms with van der Waals surface area (Å²) in [7, 11) is 0. The molecular weight excluding hydrogens is 213 g/mol. The second kappa shape index (κ2) is 4.99. The van der Waals surface area contributed by atoms with Gasteiger partial charge in [0.15, 0.2) is 0 Å². The van der Waals surface area contributed by atoms with E-state index in [1.807, 2.05) is 0 Å². The van der Waals surface area contributed by atoms with Crippen molar-refractivity contribution in [3.8, 4) is 0 Å². The molecule has 1 N–H and O–H groups in total. The van der Waals surface area contributed by atoms with Crippen molar-refractivity contribution >= 4 is 6.09 Å². The second-order valence-electron chi connectivity index (χ2n) is 5.13. The highest BCUT2D eigenvalue weighted by atomic mass is 19.1. The number of aliphatic hydroxyl groups is 1. The van der Waals surface area contributed by atoms with Gasteiger partial charge in [0.05, 0.1) is 6.54 Å². The summed E-state index contributed by atoms with van der Waals surface area (Å²) in [5.74, 6) is 0. The van der Waals surface area contributed by atoms with Crippen molar-refractivity contribution in [3.63, 3.8) is 0 Å². The Hall–Kier alpha value is -0.840. The zero-order valence-electron chi connectivity index (χ0n) is 10.1. The van der Waals surface area contributed by atoms with E-state index in [-0.39, 0.29) is 19.2 Å². The highest BCUT2D eigenvalue weighted by Crippen LogP contribution is 2.24. The molecule has 1 heterocycles. The van der Waals surface area contributed by atoms with Gasteiger partial charge in [-0.05, 0) is 27.2 Å². The molecule has 0 spiro atoms. The minimum atomic E-state index is -1.01. The van der Waals surface area contributed by atoms with Crippen LogP contribution in [0.3, 0.4) is 0 Å². The summed E-state index contributed by atoms with van der Waals surface area (Å²) < 4.78 is 18.4. The summed E-state index contributed by atoms with van der Waals surface area (Å²) in [6.45, 7) is 5.34. The van der Waals surface area contributed by atoms with Crippen molar-refractivity contribution in [1.82, 2.24) is 4.90 Å². The average molecular weight is 233 g/mol. The molecule has 94 valence electrons. The van der Waals surface area contributed by atoms with Gasteiger partial charge in [-0.25, -0.2) is 9.18 Å². The largest absolute Gasteiger partial charge is 0.444 e. The fraction of sp³-hybridized carbons (Fsp3) is 0.909. The minimum absolute atomic E-state index is 0.0450. The van der Waals surface area contributed by atoms with Gasteiger partial charge in [-0.2, -0.15) is 0 Å². The van der Waals surface area contributed by atoms with Gasteiger partial charge in [0.1, 0.15) is 11.8 Å². The van der Waals surface area contributed by atoms with Crippen LogP contribution >= 0.6 is 0 Å². The van der Waals surface area contributed by atoms with Gasteiger partial charge in [-0.1, -0.05) is 0 Å². The number of carbonyl (C=O) groups excluding carboxylic acids is 1. The molecule has 1 aliphatic rings. The van der Waals surface area contributed by atoms with Gasteiger partial charge >= 0.3 is 6.09 Å². The summed E-state index contributed by atoms with van der Waals surface area (Å²) in [4.78, 5) is 13.1. The first kappa shape index (κ1) is 13.2. The minimum Gasteiger partial charge on any atom is -0.444 e. The van der Waals surface area contributed by atoms with Gasteiger partial charge in [0.25, 0.3) is 0 Å². The number of nitrogens with zero attached hydrogens (tertiary/aromatic N) is 1. The van der Waals surface area contributed by atoms with E-state index in [0.717, 1.165) is 0 Å². The Labute approximate surface area is 95.4 Å². The Morgan fingerprint density at radius 3 is 2.69 bits per heavy atom. The number of amides is 1. The van der Waals surface area contributed by atoms with Crippen molar-refractivity contribution in [3.05, 3.63) is 0 Å². The summed E-state index contributed by atoms with van der Waals surface area (Å²) in [6, 6.07) is -0.241. The highest BCUT2D eigenvalue weighted by Gasteiger charge is 2.37. The number of carbonyl (C=O) groups is 1. The molecule has 2 atom stereocenters. The van der Waals surface area contributed by atoms with Crippen LogP contribution in [0.4, 0.5) is 9.18 Å². The molecule has 4 nitrogen and oxygen atoms in total. The third-order valence-corrected chi connectivity index (χ3v) is 2.45. The molecular formula is C11H20FNO3. The SMILES string of the molecule is CC(C)(C)OC(=O)N1C[C@@H](F)C[C@@H]1CCO. The van der Waals surface area contributed by atoms with Crippen molar-refractivity contribution in [2.45, 2.75) is 51.4 Å². The second-order valence-corrected chi connectivity index (χ2v) is 5.13. The molecule has 0 saturated carbocycles. The molecule has 0 aromatic rings. The Kier molecular flexibility index (Phi) is 4.13. The molecule has 1 amide bonds. The Bertz CT molecular complexity index is 252. The highest BCUT2D eigenvalue weighted by molar-refractivity contribution is 5.69. The quantitative estimate of drug-likeness (QED) is 0.790. The Morgan fingerprint density at radius 1 is 1.56 bits per heavy atom. The van der Waals surface area contributed by atoms with E-state index in [9.17, 15) is 9.18 Å². The van der Waals surface area contributed by atoms with E-state index in [1.165, 1.54) is 4.90 Å². The molecule has 1 fully saturated rings. The molecule has 0 aromatic carbocycles. The van der Waals surface area contributed by atoms with E-state index >= 15 is 0 Å². The third kappa shape index (κ3) is 3.63. The normalized spacial score (nSPS) is 25.9. The van der Waals surface area contributed by atoms with Crippen LogP contribution < -0.4 is 0 Å². The van der Waals surface area contributed by atoms with Gasteiger partial charge in [0.2, 0.25) is 0 Å². The van der Waals surface area contributed by atoms with Crippen molar-refractivity contribution in [2.24, 2.45) is 0 Å². The van der Waals surface area contributed by atoms with Crippen molar-refractivity contribution in [2.75, 3.05) is 13.2 Å². The van der Waals surface area contributed by atoms with Crippen LogP contribution in [0, 0.1) is 0 Å². The van der Waals surface area contributed by atoms with Crippen LogP contribution in [-0.4, -0.2) is 47.1 Å². The van der Waals surface area contributed by atoms with E-state index < -0.39 is 17.9 Å². The topological polar surface area (TPSA) is 49.8 Å². The van der Waals surface area contributed by atoms with Gasteiger partial charge in [0, 0.05) is 19.1 Å². The zero-order chi connectivity index (χ0) is 12.3. The maximum atomic E-state index is 13.2. The molecule has 1 rings (SSSR count). The predicted molar refractivity (Wildman–Crippen MR) is 57.9 cm³/mol. The van der Waals surface area contributed by atoms with Gasteiger partial charge in [-0.15, -0.1) is 0 Å².